The number of aromatic carboxylic acids is 1. The molecule has 4 rings (SSSR count). The van der Waals surface area contributed by atoms with Crippen molar-refractivity contribution < 1.29 is 9.90 Å². The van der Waals surface area contributed by atoms with Crippen LogP contribution in [-0.4, -0.2) is 23.2 Å². The van der Waals surface area contributed by atoms with Crippen LogP contribution in [0.2, 0.25) is 0 Å². The van der Waals surface area contributed by atoms with Crippen LogP contribution in [-0.2, 0) is 0 Å². The van der Waals surface area contributed by atoms with Gasteiger partial charge in [-0.25, -0.2) is 4.79 Å². The fourth-order valence-electron chi connectivity index (χ4n) is 4.52. The van der Waals surface area contributed by atoms with E-state index < -0.39 is 5.97 Å². The van der Waals surface area contributed by atoms with Crippen LogP contribution in [0.4, 0.5) is 5.69 Å². The van der Waals surface area contributed by atoms with Gasteiger partial charge in [-0.3, -0.25) is 0 Å². The Morgan fingerprint density at radius 3 is 2.44 bits per heavy atom. The molecule has 1 N–H and O–H groups in total. The lowest BCUT2D eigenvalue weighted by atomic mass is 9.86. The monoisotopic (exact) mass is 333 g/mol. The summed E-state index contributed by atoms with van der Waals surface area (Å²) in [4.78, 5) is 13.6. The van der Waals surface area contributed by atoms with E-state index in [-0.39, 0.29) is 0 Å². The first-order valence-electron chi connectivity index (χ1n) is 9.07. The number of fused-ring (bicyclic) bond motifs is 1. The summed E-state index contributed by atoms with van der Waals surface area (Å²) in [5, 5.41) is 9.15. The first-order chi connectivity index (χ1) is 12.2. The van der Waals surface area contributed by atoms with Crippen molar-refractivity contribution in [3.63, 3.8) is 0 Å². The van der Waals surface area contributed by atoms with Gasteiger partial charge in [0.2, 0.25) is 0 Å². The summed E-state index contributed by atoms with van der Waals surface area (Å²) >= 11 is 0. The van der Waals surface area contributed by atoms with Crippen molar-refractivity contribution in [3.05, 3.63) is 71.3 Å². The van der Waals surface area contributed by atoms with E-state index in [1.165, 1.54) is 36.8 Å². The summed E-state index contributed by atoms with van der Waals surface area (Å²) in [6.45, 7) is 2.28. The molecule has 2 atom stereocenters. The maximum atomic E-state index is 11.1. The average molecular weight is 333 g/mol. The molecule has 2 unspecified atom stereocenters. The number of carboxylic acid groups (broad SMARTS) is 1. The fraction of sp³-hybridized carbons (Fsp3) is 0.318. The fourth-order valence-corrected chi connectivity index (χ4v) is 4.52. The number of carbonyl (C=O) groups is 1. The minimum absolute atomic E-state index is 0.302. The Bertz CT molecular complexity index is 808. The summed E-state index contributed by atoms with van der Waals surface area (Å²) in [5.74, 6) is -0.873. The van der Waals surface area contributed by atoms with Gasteiger partial charge >= 0.3 is 5.97 Å². The molecule has 128 valence electrons. The Morgan fingerprint density at radius 2 is 1.76 bits per heavy atom. The van der Waals surface area contributed by atoms with Crippen LogP contribution in [0.5, 0.6) is 0 Å². The Kier molecular flexibility index (Phi) is 4.08. The lowest BCUT2D eigenvalue weighted by Gasteiger charge is -2.35. The van der Waals surface area contributed by atoms with Crippen LogP contribution >= 0.6 is 0 Å². The third-order valence-corrected chi connectivity index (χ3v) is 5.59. The molecule has 0 bridgehead atoms. The van der Waals surface area contributed by atoms with E-state index >= 15 is 0 Å². The van der Waals surface area contributed by atoms with E-state index in [0.717, 1.165) is 5.69 Å². The van der Waals surface area contributed by atoms with Gasteiger partial charge in [-0.05, 0) is 67.2 Å². The van der Waals surface area contributed by atoms with Gasteiger partial charge in [0.15, 0.2) is 0 Å². The molecule has 2 aliphatic rings. The zero-order chi connectivity index (χ0) is 17.4. The Hall–Kier alpha value is -2.55. The number of nitrogens with zero attached hydrogens (tertiary/aromatic N) is 1. The van der Waals surface area contributed by atoms with Gasteiger partial charge in [-0.15, -0.1) is 0 Å². The molecule has 25 heavy (non-hydrogen) atoms. The van der Waals surface area contributed by atoms with Gasteiger partial charge < -0.3 is 10.0 Å². The second-order valence-electron chi connectivity index (χ2n) is 7.00. The van der Waals surface area contributed by atoms with E-state index in [9.17, 15) is 4.79 Å². The molecule has 1 fully saturated rings. The van der Waals surface area contributed by atoms with Gasteiger partial charge in [0.25, 0.3) is 0 Å². The summed E-state index contributed by atoms with van der Waals surface area (Å²) in [6.07, 6.45) is 4.87. The lowest BCUT2D eigenvalue weighted by Crippen LogP contribution is -2.38. The highest BCUT2D eigenvalue weighted by atomic mass is 16.4. The van der Waals surface area contributed by atoms with Crippen LogP contribution in [0, 0.1) is 0 Å². The van der Waals surface area contributed by atoms with E-state index in [0.29, 0.717) is 17.6 Å². The largest absolute Gasteiger partial charge is 0.478 e. The van der Waals surface area contributed by atoms with E-state index in [1.54, 1.807) is 17.7 Å². The van der Waals surface area contributed by atoms with Crippen molar-refractivity contribution >= 4 is 17.2 Å². The van der Waals surface area contributed by atoms with E-state index in [1.807, 2.05) is 12.1 Å². The highest BCUT2D eigenvalue weighted by Crippen LogP contribution is 2.45. The second kappa shape index (κ2) is 6.40. The smallest absolute Gasteiger partial charge is 0.335 e. The molecular weight excluding hydrogens is 310 g/mol. The maximum absolute atomic E-state index is 11.1. The normalized spacial score (nSPS) is 22.8. The molecule has 1 heterocycles. The molecule has 0 amide bonds. The van der Waals surface area contributed by atoms with Crippen molar-refractivity contribution in [1.29, 1.82) is 0 Å². The van der Waals surface area contributed by atoms with Crippen LogP contribution in [0.25, 0.3) is 5.57 Å². The molecular formula is C22H23NO2. The molecule has 0 spiro atoms. The van der Waals surface area contributed by atoms with Crippen LogP contribution < -0.4 is 4.90 Å². The van der Waals surface area contributed by atoms with E-state index in [2.05, 4.69) is 42.2 Å². The predicted octanol–water partition coefficient (Wildman–Crippen LogP) is 4.99. The molecule has 3 nitrogen and oxygen atoms in total. The van der Waals surface area contributed by atoms with Crippen LogP contribution in [0.3, 0.4) is 0 Å². The highest BCUT2D eigenvalue weighted by Gasteiger charge is 2.39. The van der Waals surface area contributed by atoms with Gasteiger partial charge in [0, 0.05) is 5.69 Å². The van der Waals surface area contributed by atoms with Gasteiger partial charge in [-0.2, -0.15) is 0 Å². The molecule has 0 aromatic heterocycles. The third-order valence-electron chi connectivity index (χ3n) is 5.59. The van der Waals surface area contributed by atoms with Crippen LogP contribution in [0.1, 0.15) is 48.5 Å². The number of benzene rings is 2. The van der Waals surface area contributed by atoms with Gasteiger partial charge in [0.1, 0.15) is 0 Å². The molecule has 1 aliphatic carbocycles. The van der Waals surface area contributed by atoms with Gasteiger partial charge in [0.05, 0.1) is 17.6 Å². The van der Waals surface area contributed by atoms with Crippen molar-refractivity contribution in [2.24, 2.45) is 0 Å². The van der Waals surface area contributed by atoms with Gasteiger partial charge in [-0.1, -0.05) is 36.8 Å². The Balaban J connectivity index is 1.74. The third kappa shape index (κ3) is 2.74. The SMILES string of the molecule is CC1C(c2ccccc2)=C2CCCCC2N1c1ccc(C(=O)O)cc1. The molecule has 2 aromatic carbocycles. The number of carboxylic acids is 1. The molecule has 0 saturated heterocycles. The summed E-state index contributed by atoms with van der Waals surface area (Å²) in [6, 6.07) is 18.8. The highest BCUT2D eigenvalue weighted by molar-refractivity contribution is 5.88. The standard InChI is InChI=1S/C22H23NO2/c1-15-21(16-7-3-2-4-8-16)19-9-5-6-10-20(19)23(15)18-13-11-17(12-14-18)22(24)25/h2-4,7-8,11-15,20H,5-6,9-10H2,1H3,(H,24,25). The number of hydrogen-bond donors (Lipinski definition) is 1. The zero-order valence-electron chi connectivity index (χ0n) is 14.5. The summed E-state index contributed by atoms with van der Waals surface area (Å²) in [7, 11) is 0. The Labute approximate surface area is 148 Å². The predicted molar refractivity (Wildman–Crippen MR) is 101 cm³/mol. The van der Waals surface area contributed by atoms with E-state index in [4.69, 9.17) is 5.11 Å². The number of hydrogen-bond acceptors (Lipinski definition) is 2. The minimum Gasteiger partial charge on any atom is -0.478 e. The van der Waals surface area contributed by atoms with Crippen molar-refractivity contribution in [3.8, 4) is 0 Å². The quantitative estimate of drug-likeness (QED) is 0.860. The number of anilines is 1. The van der Waals surface area contributed by atoms with Crippen molar-refractivity contribution in [2.45, 2.75) is 44.7 Å². The zero-order valence-corrected chi connectivity index (χ0v) is 14.5. The molecule has 1 saturated carbocycles. The topological polar surface area (TPSA) is 40.5 Å². The molecule has 1 aliphatic heterocycles. The second-order valence-corrected chi connectivity index (χ2v) is 7.00. The number of rotatable bonds is 3. The van der Waals surface area contributed by atoms with Crippen molar-refractivity contribution in [2.75, 3.05) is 4.90 Å². The van der Waals surface area contributed by atoms with Crippen LogP contribution in [0.15, 0.2) is 60.2 Å². The summed E-state index contributed by atoms with van der Waals surface area (Å²) < 4.78 is 0. The summed E-state index contributed by atoms with van der Waals surface area (Å²) in [5.41, 5.74) is 5.82. The molecule has 0 radical (unpaired) electrons. The Morgan fingerprint density at radius 1 is 1.04 bits per heavy atom. The molecule has 2 aromatic rings. The maximum Gasteiger partial charge on any atom is 0.335 e. The minimum atomic E-state index is -0.873. The first-order valence-corrected chi connectivity index (χ1v) is 9.07. The lowest BCUT2D eigenvalue weighted by molar-refractivity contribution is 0.0697. The molecule has 3 heteroatoms. The first kappa shape index (κ1) is 15.9. The average Bonchev–Trinajstić information content (AvgIpc) is 2.94. The van der Waals surface area contributed by atoms with Crippen molar-refractivity contribution in [1.82, 2.24) is 0 Å².